The number of hydrogen-bond acceptors (Lipinski definition) is 2. The summed E-state index contributed by atoms with van der Waals surface area (Å²) in [5, 5.41) is 11.8. The largest absolute Gasteiger partial charge is 0.351 e. The summed E-state index contributed by atoms with van der Waals surface area (Å²) in [4.78, 5) is 12.3. The van der Waals surface area contributed by atoms with Gasteiger partial charge in [-0.25, -0.2) is 0 Å². The van der Waals surface area contributed by atoms with E-state index in [4.69, 9.17) is 5.26 Å². The number of nitriles is 1. The summed E-state index contributed by atoms with van der Waals surface area (Å²) in [6.07, 6.45) is 0.758. The third kappa shape index (κ3) is 3.93. The lowest BCUT2D eigenvalue weighted by molar-refractivity contribution is -0.122. The highest BCUT2D eigenvalue weighted by Crippen LogP contribution is 2.19. The normalized spacial score (nSPS) is 11.4. The minimum absolute atomic E-state index is 0.0195. The Kier molecular flexibility index (Phi) is 5.11. The van der Waals surface area contributed by atoms with Crippen LogP contribution in [0.4, 0.5) is 0 Å². The van der Waals surface area contributed by atoms with Gasteiger partial charge in [-0.3, -0.25) is 4.79 Å². The second-order valence-corrected chi connectivity index (χ2v) is 4.90. The van der Waals surface area contributed by atoms with Gasteiger partial charge in [0.25, 0.3) is 0 Å². The molecule has 0 aliphatic carbocycles. The molecule has 2 aromatic carbocycles. The van der Waals surface area contributed by atoms with E-state index in [1.165, 1.54) is 0 Å². The van der Waals surface area contributed by atoms with Crippen LogP contribution in [0.1, 0.15) is 36.0 Å². The minimum Gasteiger partial charge on any atom is -0.351 e. The summed E-state index contributed by atoms with van der Waals surface area (Å²) < 4.78 is 0. The summed E-state index contributed by atoms with van der Waals surface area (Å²) in [5.74, 6) is -0.114. The van der Waals surface area contributed by atoms with E-state index in [2.05, 4.69) is 11.4 Å². The molecule has 2 rings (SSSR count). The van der Waals surface area contributed by atoms with E-state index in [9.17, 15) is 4.79 Å². The molecule has 0 aliphatic heterocycles. The van der Waals surface area contributed by atoms with E-state index >= 15 is 0 Å². The van der Waals surface area contributed by atoms with Crippen LogP contribution >= 0.6 is 0 Å². The van der Waals surface area contributed by atoms with Gasteiger partial charge in [-0.1, -0.05) is 49.4 Å². The maximum absolute atomic E-state index is 12.3. The molecule has 0 saturated carbocycles. The fourth-order valence-electron chi connectivity index (χ4n) is 2.32. The van der Waals surface area contributed by atoms with Crippen molar-refractivity contribution in [2.75, 3.05) is 0 Å². The summed E-state index contributed by atoms with van der Waals surface area (Å²) in [7, 11) is 0. The first kappa shape index (κ1) is 14.8. The van der Waals surface area contributed by atoms with Crippen molar-refractivity contribution in [3.8, 4) is 6.07 Å². The molecule has 21 heavy (non-hydrogen) atoms. The van der Waals surface area contributed by atoms with Gasteiger partial charge < -0.3 is 5.32 Å². The number of carbonyl (C=O) groups is 1. The number of amides is 1. The molecular weight excluding hydrogens is 260 g/mol. The van der Waals surface area contributed by atoms with Crippen molar-refractivity contribution in [1.29, 1.82) is 5.26 Å². The van der Waals surface area contributed by atoms with Crippen molar-refractivity contribution < 1.29 is 4.79 Å². The zero-order valence-corrected chi connectivity index (χ0v) is 12.0. The SMILES string of the molecule is CCC(C(=O)NCc1cccc(C#N)c1)c1ccccc1. The van der Waals surface area contributed by atoms with Gasteiger partial charge in [-0.2, -0.15) is 5.26 Å². The maximum Gasteiger partial charge on any atom is 0.227 e. The van der Waals surface area contributed by atoms with E-state index < -0.39 is 0 Å². The third-order valence-electron chi connectivity index (χ3n) is 3.45. The van der Waals surface area contributed by atoms with Crippen LogP contribution in [0.25, 0.3) is 0 Å². The van der Waals surface area contributed by atoms with Crippen LogP contribution in [0, 0.1) is 11.3 Å². The zero-order chi connectivity index (χ0) is 15.1. The van der Waals surface area contributed by atoms with Crippen LogP contribution in [0.3, 0.4) is 0 Å². The molecule has 1 N–H and O–H groups in total. The number of nitrogens with one attached hydrogen (secondary N) is 1. The minimum atomic E-state index is -0.134. The van der Waals surface area contributed by atoms with E-state index in [1.807, 2.05) is 49.4 Å². The second kappa shape index (κ2) is 7.25. The van der Waals surface area contributed by atoms with Crippen molar-refractivity contribution >= 4 is 5.91 Å². The molecule has 0 heterocycles. The number of nitrogens with zero attached hydrogens (tertiary/aromatic N) is 1. The van der Waals surface area contributed by atoms with Crippen molar-refractivity contribution in [1.82, 2.24) is 5.32 Å². The number of hydrogen-bond donors (Lipinski definition) is 1. The monoisotopic (exact) mass is 278 g/mol. The van der Waals surface area contributed by atoms with Gasteiger partial charge in [-0.05, 0) is 29.7 Å². The molecule has 3 nitrogen and oxygen atoms in total. The number of rotatable bonds is 5. The van der Waals surface area contributed by atoms with Gasteiger partial charge in [0.15, 0.2) is 0 Å². The second-order valence-electron chi connectivity index (χ2n) is 4.90. The van der Waals surface area contributed by atoms with Crippen molar-refractivity contribution in [2.24, 2.45) is 0 Å². The Hall–Kier alpha value is -2.60. The fraction of sp³-hybridized carbons (Fsp3) is 0.222. The average molecular weight is 278 g/mol. The van der Waals surface area contributed by atoms with E-state index in [0.29, 0.717) is 12.1 Å². The molecule has 0 radical (unpaired) electrons. The Morgan fingerprint density at radius 3 is 2.62 bits per heavy atom. The number of carbonyl (C=O) groups excluding carboxylic acids is 1. The van der Waals surface area contributed by atoms with Crippen molar-refractivity contribution in [2.45, 2.75) is 25.8 Å². The molecule has 0 aromatic heterocycles. The van der Waals surface area contributed by atoms with Crippen LogP contribution < -0.4 is 5.32 Å². The van der Waals surface area contributed by atoms with Crippen LogP contribution in [0.2, 0.25) is 0 Å². The fourth-order valence-corrected chi connectivity index (χ4v) is 2.32. The van der Waals surface area contributed by atoms with Crippen molar-refractivity contribution in [3.05, 3.63) is 71.3 Å². The highest BCUT2D eigenvalue weighted by Gasteiger charge is 2.17. The van der Waals surface area contributed by atoms with Crippen LogP contribution in [0.15, 0.2) is 54.6 Å². The lowest BCUT2D eigenvalue weighted by Gasteiger charge is -2.15. The molecule has 0 saturated heterocycles. The summed E-state index contributed by atoms with van der Waals surface area (Å²) >= 11 is 0. The molecule has 1 amide bonds. The highest BCUT2D eigenvalue weighted by atomic mass is 16.1. The molecule has 2 aromatic rings. The summed E-state index contributed by atoms with van der Waals surface area (Å²) in [5.41, 5.74) is 2.57. The lowest BCUT2D eigenvalue weighted by Crippen LogP contribution is -2.28. The molecule has 3 heteroatoms. The predicted octanol–water partition coefficient (Wildman–Crippen LogP) is 3.37. The Balaban J connectivity index is 2.02. The Labute approximate surface area is 125 Å². The molecule has 1 unspecified atom stereocenters. The molecular formula is C18H18N2O. The first-order valence-corrected chi connectivity index (χ1v) is 7.06. The molecule has 0 bridgehead atoms. The predicted molar refractivity (Wildman–Crippen MR) is 82.5 cm³/mol. The van der Waals surface area contributed by atoms with Crippen LogP contribution in [0.5, 0.6) is 0 Å². The van der Waals surface area contributed by atoms with Gasteiger partial charge >= 0.3 is 0 Å². The molecule has 106 valence electrons. The topological polar surface area (TPSA) is 52.9 Å². The van der Waals surface area contributed by atoms with E-state index in [1.54, 1.807) is 12.1 Å². The average Bonchev–Trinajstić information content (AvgIpc) is 2.55. The van der Waals surface area contributed by atoms with E-state index in [-0.39, 0.29) is 11.8 Å². The Bertz CT molecular complexity index is 644. The zero-order valence-electron chi connectivity index (χ0n) is 12.0. The molecule has 1 atom stereocenters. The van der Waals surface area contributed by atoms with Gasteiger partial charge in [0.05, 0.1) is 17.6 Å². The molecule has 0 spiro atoms. The van der Waals surface area contributed by atoms with Gasteiger partial charge in [0.1, 0.15) is 0 Å². The number of benzene rings is 2. The lowest BCUT2D eigenvalue weighted by atomic mass is 9.95. The van der Waals surface area contributed by atoms with Crippen LogP contribution in [-0.4, -0.2) is 5.91 Å². The smallest absolute Gasteiger partial charge is 0.227 e. The standard InChI is InChI=1S/C18H18N2O/c1-2-17(16-9-4-3-5-10-16)18(21)20-13-15-8-6-7-14(11-15)12-19/h3-11,17H,2,13H2,1H3,(H,20,21). The summed E-state index contributed by atoms with van der Waals surface area (Å²) in [6, 6.07) is 19.2. The van der Waals surface area contributed by atoms with E-state index in [0.717, 1.165) is 17.5 Å². The first-order chi connectivity index (χ1) is 10.2. The van der Waals surface area contributed by atoms with Crippen LogP contribution in [-0.2, 0) is 11.3 Å². The van der Waals surface area contributed by atoms with Gasteiger partial charge in [-0.15, -0.1) is 0 Å². The quantitative estimate of drug-likeness (QED) is 0.911. The Morgan fingerprint density at radius 2 is 1.95 bits per heavy atom. The molecule has 0 aliphatic rings. The highest BCUT2D eigenvalue weighted by molar-refractivity contribution is 5.83. The maximum atomic E-state index is 12.3. The third-order valence-corrected chi connectivity index (χ3v) is 3.45. The first-order valence-electron chi connectivity index (χ1n) is 7.06. The summed E-state index contributed by atoms with van der Waals surface area (Å²) in [6.45, 7) is 2.45. The van der Waals surface area contributed by atoms with Gasteiger partial charge in [0, 0.05) is 6.54 Å². The van der Waals surface area contributed by atoms with Gasteiger partial charge in [0.2, 0.25) is 5.91 Å². The molecule has 0 fully saturated rings. The van der Waals surface area contributed by atoms with Crippen molar-refractivity contribution in [3.63, 3.8) is 0 Å². The Morgan fingerprint density at radius 1 is 1.19 bits per heavy atom.